The minimum atomic E-state index is -3.10. The number of rotatable bonds is 5. The highest BCUT2D eigenvalue weighted by molar-refractivity contribution is 5.89. The first-order valence-electron chi connectivity index (χ1n) is 7.25. The molecule has 2 aromatic carbocycles. The maximum Gasteiger partial charge on any atom is 0.338 e. The van der Waals surface area contributed by atoms with Crippen LogP contribution in [0, 0.1) is 11.8 Å². The number of hydrogen-bond acceptors (Lipinski definition) is 2. The van der Waals surface area contributed by atoms with Gasteiger partial charge in [0.15, 0.2) is 0 Å². The number of alkyl halides is 2. The summed E-state index contributed by atoms with van der Waals surface area (Å²) in [6.07, 6.45) is -0.399. The van der Waals surface area contributed by atoms with Gasteiger partial charge in [-0.3, -0.25) is 0 Å². The highest BCUT2D eigenvalue weighted by Gasteiger charge is 2.25. The van der Waals surface area contributed by atoms with Crippen molar-refractivity contribution in [2.24, 2.45) is 0 Å². The Bertz CT molecular complexity index is 686. The predicted octanol–water partition coefficient (Wildman–Crippen LogP) is 4.31. The van der Waals surface area contributed by atoms with Gasteiger partial charge in [0.05, 0.1) is 12.2 Å². The molecule has 0 saturated carbocycles. The molecule has 0 saturated heterocycles. The molecule has 2 aromatic rings. The average Bonchev–Trinajstić information content (AvgIpc) is 2.58. The van der Waals surface area contributed by atoms with E-state index in [-0.39, 0.29) is 13.0 Å². The van der Waals surface area contributed by atoms with Gasteiger partial charge >= 0.3 is 11.9 Å². The van der Waals surface area contributed by atoms with Crippen LogP contribution in [0.1, 0.15) is 28.8 Å². The van der Waals surface area contributed by atoms with Crippen LogP contribution in [-0.4, -0.2) is 18.5 Å². The Morgan fingerprint density at radius 3 is 2.26 bits per heavy atom. The van der Waals surface area contributed by atoms with E-state index in [0.717, 1.165) is 0 Å². The van der Waals surface area contributed by atoms with E-state index in [0.29, 0.717) is 11.1 Å². The summed E-state index contributed by atoms with van der Waals surface area (Å²) in [5.74, 6) is 0.812. The predicted molar refractivity (Wildman–Crippen MR) is 84.2 cm³/mol. The molecule has 2 rings (SSSR count). The van der Waals surface area contributed by atoms with Gasteiger partial charge < -0.3 is 4.74 Å². The van der Waals surface area contributed by atoms with Crippen molar-refractivity contribution in [2.75, 3.05) is 6.61 Å². The lowest BCUT2D eigenvalue weighted by molar-refractivity contribution is 0.0327. The van der Waals surface area contributed by atoms with Crippen molar-refractivity contribution < 1.29 is 18.3 Å². The maximum absolute atomic E-state index is 13.6. The topological polar surface area (TPSA) is 26.3 Å². The fourth-order valence-electron chi connectivity index (χ4n) is 1.86. The van der Waals surface area contributed by atoms with Crippen molar-refractivity contribution in [2.45, 2.75) is 18.8 Å². The molecule has 4 heteroatoms. The molecule has 0 atom stereocenters. The molecule has 0 radical (unpaired) electrons. The zero-order chi connectivity index (χ0) is 16.5. The third-order valence-corrected chi connectivity index (χ3v) is 3.04. The Labute approximate surface area is 134 Å². The van der Waals surface area contributed by atoms with Crippen LogP contribution in [0.25, 0.3) is 0 Å². The summed E-state index contributed by atoms with van der Waals surface area (Å²) >= 11 is 0. The molecule has 0 aliphatic rings. The molecule has 0 heterocycles. The summed E-state index contributed by atoms with van der Waals surface area (Å²) < 4.78 is 32.3. The smallest absolute Gasteiger partial charge is 0.338 e. The molecule has 0 aromatic heterocycles. The van der Waals surface area contributed by atoms with Crippen molar-refractivity contribution in [3.05, 3.63) is 71.8 Å². The number of carbonyl (C=O) groups excluding carboxylic acids is 1. The molecule has 0 aliphatic heterocycles. The summed E-state index contributed by atoms with van der Waals surface area (Å²) in [5, 5.41) is 0. The van der Waals surface area contributed by atoms with Crippen LogP contribution in [0.2, 0.25) is 0 Å². The third-order valence-electron chi connectivity index (χ3n) is 3.04. The summed E-state index contributed by atoms with van der Waals surface area (Å²) in [4.78, 5) is 11.6. The fraction of sp³-hybridized carbons (Fsp3) is 0.211. The number of hydrogen-bond donors (Lipinski definition) is 0. The van der Waals surface area contributed by atoms with Gasteiger partial charge in [-0.15, -0.1) is 0 Å². The number of halogens is 2. The van der Waals surface area contributed by atoms with E-state index in [1.807, 2.05) is 5.92 Å². The minimum Gasteiger partial charge on any atom is -0.462 e. The molecule has 0 aliphatic carbocycles. The van der Waals surface area contributed by atoms with Crippen LogP contribution in [0.3, 0.4) is 0 Å². The van der Waals surface area contributed by atoms with Gasteiger partial charge in [0.2, 0.25) is 0 Å². The Kier molecular flexibility index (Phi) is 5.87. The molecule has 23 heavy (non-hydrogen) atoms. The average molecular weight is 314 g/mol. The Morgan fingerprint density at radius 2 is 1.61 bits per heavy atom. The first-order valence-corrected chi connectivity index (χ1v) is 7.25. The minimum absolute atomic E-state index is 0.0506. The summed E-state index contributed by atoms with van der Waals surface area (Å²) in [5.41, 5.74) is 0.950. The summed E-state index contributed by atoms with van der Waals surface area (Å²) in [6.45, 7) is -0.0592. The van der Waals surface area contributed by atoms with Gasteiger partial charge in [-0.1, -0.05) is 42.3 Å². The molecule has 0 amide bonds. The summed E-state index contributed by atoms with van der Waals surface area (Å²) in [6, 6.07) is 17.1. The Hall–Kier alpha value is -2.67. The van der Waals surface area contributed by atoms with Gasteiger partial charge in [0, 0.05) is 12.0 Å². The van der Waals surface area contributed by atoms with E-state index in [1.54, 1.807) is 60.7 Å². The van der Waals surface area contributed by atoms with E-state index in [4.69, 9.17) is 4.74 Å². The van der Waals surface area contributed by atoms with E-state index in [9.17, 15) is 13.6 Å². The van der Waals surface area contributed by atoms with Crippen LogP contribution >= 0.6 is 0 Å². The van der Waals surface area contributed by atoms with E-state index >= 15 is 0 Å². The Morgan fingerprint density at radius 1 is 1.00 bits per heavy atom. The number of benzene rings is 2. The molecule has 0 unspecified atom stereocenters. The highest BCUT2D eigenvalue weighted by Crippen LogP contribution is 2.19. The molecular formula is C19H16F2O2. The highest BCUT2D eigenvalue weighted by atomic mass is 19.3. The lowest BCUT2D eigenvalue weighted by Crippen LogP contribution is -2.15. The first-order chi connectivity index (χ1) is 11.1. The maximum atomic E-state index is 13.6. The molecule has 118 valence electrons. The van der Waals surface area contributed by atoms with E-state index in [2.05, 4.69) is 5.92 Å². The van der Waals surface area contributed by atoms with Gasteiger partial charge in [0.1, 0.15) is 0 Å². The second-order valence-electron chi connectivity index (χ2n) is 4.93. The normalized spacial score (nSPS) is 10.5. The van der Waals surface area contributed by atoms with Crippen molar-refractivity contribution in [3.8, 4) is 11.8 Å². The quantitative estimate of drug-likeness (QED) is 0.467. The lowest BCUT2D eigenvalue weighted by atomic mass is 10.1. The van der Waals surface area contributed by atoms with Gasteiger partial charge in [-0.05, 0) is 36.6 Å². The lowest BCUT2D eigenvalue weighted by Gasteiger charge is -2.09. The molecular weight excluding hydrogens is 298 g/mol. The van der Waals surface area contributed by atoms with Crippen LogP contribution < -0.4 is 0 Å². The van der Waals surface area contributed by atoms with Crippen molar-refractivity contribution >= 4 is 5.97 Å². The van der Waals surface area contributed by atoms with E-state index in [1.165, 1.54) is 0 Å². The standard InChI is InChI=1S/C19H16F2O2/c20-19(21,14-12-16-8-3-1-4-9-16)13-7-15-23-18(22)17-10-5-2-6-11-17/h1-6,8-11H,7,13,15H2. The first kappa shape index (κ1) is 16.7. The molecule has 0 N–H and O–H groups in total. The zero-order valence-electron chi connectivity index (χ0n) is 12.5. The Balaban J connectivity index is 1.77. The summed E-state index contributed by atoms with van der Waals surface area (Å²) in [7, 11) is 0. The van der Waals surface area contributed by atoms with Crippen molar-refractivity contribution in [1.82, 2.24) is 0 Å². The van der Waals surface area contributed by atoms with Gasteiger partial charge in [-0.2, -0.15) is 8.78 Å². The van der Waals surface area contributed by atoms with Crippen LogP contribution in [0.15, 0.2) is 60.7 Å². The largest absolute Gasteiger partial charge is 0.462 e. The van der Waals surface area contributed by atoms with Crippen molar-refractivity contribution in [1.29, 1.82) is 0 Å². The van der Waals surface area contributed by atoms with Gasteiger partial charge in [0.25, 0.3) is 0 Å². The fourth-order valence-corrected chi connectivity index (χ4v) is 1.86. The number of ether oxygens (including phenoxy) is 1. The molecule has 0 spiro atoms. The SMILES string of the molecule is O=C(OCCCC(F)(F)C#Cc1ccccc1)c1ccccc1. The van der Waals surface area contributed by atoms with Crippen LogP contribution in [0.4, 0.5) is 8.78 Å². The van der Waals surface area contributed by atoms with Crippen molar-refractivity contribution in [3.63, 3.8) is 0 Å². The second-order valence-corrected chi connectivity index (χ2v) is 4.93. The number of carbonyl (C=O) groups is 1. The second kappa shape index (κ2) is 8.09. The molecule has 0 bridgehead atoms. The van der Waals surface area contributed by atoms with Gasteiger partial charge in [-0.25, -0.2) is 4.79 Å². The van der Waals surface area contributed by atoms with Crippen LogP contribution in [-0.2, 0) is 4.74 Å². The number of esters is 1. The zero-order valence-corrected chi connectivity index (χ0v) is 12.5. The third kappa shape index (κ3) is 5.91. The molecule has 2 nitrogen and oxygen atoms in total. The van der Waals surface area contributed by atoms with Crippen LogP contribution in [0.5, 0.6) is 0 Å². The van der Waals surface area contributed by atoms with E-state index < -0.39 is 18.3 Å². The monoisotopic (exact) mass is 314 g/mol. The molecule has 0 fully saturated rings.